The van der Waals surface area contributed by atoms with Crippen molar-refractivity contribution in [2.45, 2.75) is 0 Å². The lowest BCUT2D eigenvalue weighted by Gasteiger charge is -2.29. The summed E-state index contributed by atoms with van der Waals surface area (Å²) in [6.07, 6.45) is 7.54. The van der Waals surface area contributed by atoms with Crippen LogP contribution in [0.3, 0.4) is 0 Å². The van der Waals surface area contributed by atoms with Crippen LogP contribution in [-0.4, -0.2) is 9.97 Å². The highest BCUT2D eigenvalue weighted by Crippen LogP contribution is 2.47. The van der Waals surface area contributed by atoms with Crippen LogP contribution in [0.1, 0.15) is 0 Å². The molecule has 0 amide bonds. The molecule has 0 aliphatic rings. The summed E-state index contributed by atoms with van der Waals surface area (Å²) in [7, 11) is 0. The number of hydrogen-bond donors (Lipinski definition) is 0. The second-order valence-corrected chi connectivity index (χ2v) is 17.1. The predicted octanol–water partition coefficient (Wildman–Crippen LogP) is 17.0. The van der Waals surface area contributed by atoms with E-state index in [1.54, 1.807) is 0 Å². The van der Waals surface area contributed by atoms with Gasteiger partial charge in [0, 0.05) is 52.4 Å². The smallest absolute Gasteiger partial charge is 0.0540 e. The quantitative estimate of drug-likeness (QED) is 0.150. The number of benzene rings is 11. The van der Waals surface area contributed by atoms with Crippen LogP contribution in [0.4, 0.5) is 17.1 Å². The maximum absolute atomic E-state index is 4.52. The first-order chi connectivity index (χ1) is 32.2. The van der Waals surface area contributed by atoms with Gasteiger partial charge in [-0.05, 0) is 160 Å². The third-order valence-corrected chi connectivity index (χ3v) is 13.2. The molecular formula is C62H39N3. The van der Waals surface area contributed by atoms with Gasteiger partial charge in [0.25, 0.3) is 0 Å². The molecule has 2 heterocycles. The van der Waals surface area contributed by atoms with Crippen molar-refractivity contribution >= 4 is 81.7 Å². The molecule has 13 aromatic rings. The number of anilines is 3. The molecule has 13 rings (SSSR count). The minimum Gasteiger partial charge on any atom is -0.309 e. The van der Waals surface area contributed by atoms with E-state index in [2.05, 4.69) is 215 Å². The van der Waals surface area contributed by atoms with E-state index in [4.69, 9.17) is 0 Å². The second-order valence-electron chi connectivity index (χ2n) is 17.1. The number of pyridine rings is 2. The summed E-state index contributed by atoms with van der Waals surface area (Å²) >= 11 is 0. The lowest BCUT2D eigenvalue weighted by Crippen LogP contribution is -2.11. The minimum atomic E-state index is 1.05. The molecule has 0 aliphatic heterocycles. The topological polar surface area (TPSA) is 29.0 Å². The first kappa shape index (κ1) is 36.9. The van der Waals surface area contributed by atoms with Crippen LogP contribution in [-0.2, 0) is 0 Å². The lowest BCUT2D eigenvalue weighted by atomic mass is 9.88. The minimum absolute atomic E-state index is 1.05. The van der Waals surface area contributed by atoms with Crippen molar-refractivity contribution in [1.29, 1.82) is 0 Å². The molecule has 0 bridgehead atoms. The molecule has 0 radical (unpaired) electrons. The Morgan fingerprint density at radius 1 is 0.277 bits per heavy atom. The maximum Gasteiger partial charge on any atom is 0.0540 e. The van der Waals surface area contributed by atoms with Gasteiger partial charge >= 0.3 is 0 Å². The molecule has 2 aromatic heterocycles. The summed E-state index contributed by atoms with van der Waals surface area (Å²) in [5.41, 5.74) is 12.4. The molecule has 0 unspecified atom stereocenters. The molecule has 11 aromatic carbocycles. The summed E-state index contributed by atoms with van der Waals surface area (Å²) in [5, 5.41) is 14.9. The third kappa shape index (κ3) is 6.28. The van der Waals surface area contributed by atoms with E-state index in [-0.39, 0.29) is 0 Å². The van der Waals surface area contributed by atoms with Crippen LogP contribution in [0.25, 0.3) is 109 Å². The zero-order valence-electron chi connectivity index (χ0n) is 35.4. The van der Waals surface area contributed by atoms with Crippen molar-refractivity contribution < 1.29 is 0 Å². The summed E-state index contributed by atoms with van der Waals surface area (Å²) < 4.78 is 0. The van der Waals surface area contributed by atoms with E-state index >= 15 is 0 Å². The first-order valence-electron chi connectivity index (χ1n) is 22.2. The zero-order chi connectivity index (χ0) is 42.8. The predicted molar refractivity (Wildman–Crippen MR) is 275 cm³/mol. The standard InChI is InChI=1S/C62H39N3/c1-2-12-42-30-43(21-20-40(42)10-1)50-31-44-22-24-46-33-53(34-47-25-23-45(32-50)61(44)62(46)47)55-26-27-60(58-18-6-5-17-57(55)58)65(59-19-7-13-41-11-3-4-16-56(41)59)54-36-51(48-14-8-28-63-38-48)35-52(37-54)49-15-9-29-64-39-49/h1-39H. The SMILES string of the molecule is c1cncc(-c2cc(-c3cccnc3)cc(N(c3cccc4ccccc34)c3ccc(-c4cc5ccc6cc(-c7ccc8ccccc8c7)cc7ccc(c4)c5c67)c4ccccc34)c2)c1. The van der Waals surface area contributed by atoms with Crippen molar-refractivity contribution in [2.24, 2.45) is 0 Å². The van der Waals surface area contributed by atoms with Gasteiger partial charge in [-0.15, -0.1) is 0 Å². The van der Waals surface area contributed by atoms with Crippen molar-refractivity contribution in [3.05, 3.63) is 237 Å². The van der Waals surface area contributed by atoms with Gasteiger partial charge < -0.3 is 4.90 Å². The summed E-state index contributed by atoms with van der Waals surface area (Å²) in [5.74, 6) is 0. The Balaban J connectivity index is 0.990. The molecule has 0 N–H and O–H groups in total. The fraction of sp³-hybridized carbons (Fsp3) is 0. The summed E-state index contributed by atoms with van der Waals surface area (Å²) in [4.78, 5) is 11.5. The number of nitrogens with zero attached hydrogens (tertiary/aromatic N) is 3. The fourth-order valence-electron chi connectivity index (χ4n) is 10.2. The van der Waals surface area contributed by atoms with Gasteiger partial charge in [-0.3, -0.25) is 9.97 Å². The Bertz CT molecular complexity index is 3820. The second kappa shape index (κ2) is 15.0. The molecule has 0 fully saturated rings. The van der Waals surface area contributed by atoms with Gasteiger partial charge in [-0.1, -0.05) is 140 Å². The number of aromatic nitrogens is 2. The van der Waals surface area contributed by atoms with Gasteiger partial charge in [0.2, 0.25) is 0 Å². The molecule has 3 heteroatoms. The molecule has 0 atom stereocenters. The van der Waals surface area contributed by atoms with Crippen LogP contribution in [0.2, 0.25) is 0 Å². The van der Waals surface area contributed by atoms with Gasteiger partial charge in [0.1, 0.15) is 0 Å². The average molecular weight is 826 g/mol. The van der Waals surface area contributed by atoms with E-state index in [0.29, 0.717) is 0 Å². The molecular weight excluding hydrogens is 787 g/mol. The molecule has 65 heavy (non-hydrogen) atoms. The van der Waals surface area contributed by atoms with Crippen LogP contribution in [0.5, 0.6) is 0 Å². The average Bonchev–Trinajstić information content (AvgIpc) is 3.38. The van der Waals surface area contributed by atoms with Crippen LogP contribution >= 0.6 is 0 Å². The van der Waals surface area contributed by atoms with Crippen molar-refractivity contribution in [1.82, 2.24) is 9.97 Å². The number of fused-ring (bicyclic) bond motifs is 3. The van der Waals surface area contributed by atoms with Crippen molar-refractivity contribution in [3.8, 4) is 44.5 Å². The summed E-state index contributed by atoms with van der Waals surface area (Å²) in [6.45, 7) is 0. The van der Waals surface area contributed by atoms with E-state index in [9.17, 15) is 0 Å². The lowest BCUT2D eigenvalue weighted by molar-refractivity contribution is 1.30. The van der Waals surface area contributed by atoms with Gasteiger partial charge in [-0.2, -0.15) is 0 Å². The third-order valence-electron chi connectivity index (χ3n) is 13.2. The molecule has 3 nitrogen and oxygen atoms in total. The monoisotopic (exact) mass is 825 g/mol. The van der Waals surface area contributed by atoms with E-state index in [1.165, 1.54) is 86.9 Å². The molecule has 0 saturated heterocycles. The van der Waals surface area contributed by atoms with Crippen LogP contribution in [0, 0.1) is 0 Å². The Kier molecular flexibility index (Phi) is 8.53. The fourth-order valence-corrected chi connectivity index (χ4v) is 10.2. The van der Waals surface area contributed by atoms with E-state index < -0.39 is 0 Å². The largest absolute Gasteiger partial charge is 0.309 e. The highest BCUT2D eigenvalue weighted by Gasteiger charge is 2.22. The number of rotatable bonds is 7. The van der Waals surface area contributed by atoms with Gasteiger partial charge in [0.15, 0.2) is 0 Å². The van der Waals surface area contributed by atoms with Crippen molar-refractivity contribution in [3.63, 3.8) is 0 Å². The van der Waals surface area contributed by atoms with E-state index in [1.807, 2.05) is 36.9 Å². The Morgan fingerprint density at radius 2 is 0.785 bits per heavy atom. The Labute approximate surface area is 376 Å². The molecule has 302 valence electrons. The summed E-state index contributed by atoms with van der Waals surface area (Å²) in [6, 6.07) is 78.0. The molecule has 0 spiro atoms. The van der Waals surface area contributed by atoms with Gasteiger partial charge in [0.05, 0.1) is 11.4 Å². The Hall–Kier alpha value is -8.66. The molecule has 0 saturated carbocycles. The van der Waals surface area contributed by atoms with Crippen molar-refractivity contribution in [2.75, 3.05) is 4.90 Å². The first-order valence-corrected chi connectivity index (χ1v) is 22.2. The maximum atomic E-state index is 4.52. The van der Waals surface area contributed by atoms with Crippen LogP contribution < -0.4 is 4.90 Å². The highest BCUT2D eigenvalue weighted by atomic mass is 15.1. The Morgan fingerprint density at radius 3 is 1.43 bits per heavy atom. The molecule has 0 aliphatic carbocycles. The van der Waals surface area contributed by atoms with E-state index in [0.717, 1.165) is 39.3 Å². The zero-order valence-corrected chi connectivity index (χ0v) is 35.4. The number of hydrogen-bond acceptors (Lipinski definition) is 3. The van der Waals surface area contributed by atoms with Gasteiger partial charge in [-0.25, -0.2) is 0 Å². The van der Waals surface area contributed by atoms with Crippen LogP contribution in [0.15, 0.2) is 237 Å². The highest BCUT2D eigenvalue weighted by molar-refractivity contribution is 6.25. The normalized spacial score (nSPS) is 11.7.